The van der Waals surface area contributed by atoms with Crippen molar-refractivity contribution in [1.82, 2.24) is 5.32 Å². The molecular formula is C20H19IN2O3S. The van der Waals surface area contributed by atoms with Crippen molar-refractivity contribution in [3.8, 4) is 0 Å². The predicted molar refractivity (Wildman–Crippen MR) is 117 cm³/mol. The number of nitrogens with zero attached hydrogens (tertiary/aromatic N) is 1. The van der Waals surface area contributed by atoms with Gasteiger partial charge in [-0.1, -0.05) is 36.4 Å². The number of fused-ring (bicyclic) bond motifs is 1. The maximum atomic E-state index is 12.4. The molecule has 0 spiro atoms. The van der Waals surface area contributed by atoms with Gasteiger partial charge in [-0.05, 0) is 69.3 Å². The zero-order chi connectivity index (χ0) is 19.4. The Morgan fingerprint density at radius 3 is 2.33 bits per heavy atom. The zero-order valence-corrected chi connectivity index (χ0v) is 17.7. The fourth-order valence-electron chi connectivity index (χ4n) is 2.74. The smallest absolute Gasteiger partial charge is 0.241 e. The lowest BCUT2D eigenvalue weighted by atomic mass is 10.1. The molecule has 1 N–H and O–H groups in total. The summed E-state index contributed by atoms with van der Waals surface area (Å²) in [7, 11) is -3.57. The van der Waals surface area contributed by atoms with Crippen molar-refractivity contribution in [2.75, 3.05) is 17.1 Å². The first-order chi connectivity index (χ1) is 12.8. The Morgan fingerprint density at radius 2 is 1.67 bits per heavy atom. The topological polar surface area (TPSA) is 66.5 Å². The van der Waals surface area contributed by atoms with Crippen LogP contribution >= 0.6 is 22.6 Å². The summed E-state index contributed by atoms with van der Waals surface area (Å²) in [5.41, 5.74) is 1.43. The molecule has 0 aliphatic carbocycles. The second kappa shape index (κ2) is 8.26. The molecular weight excluding hydrogens is 475 g/mol. The van der Waals surface area contributed by atoms with Gasteiger partial charge in [-0.25, -0.2) is 8.42 Å². The third-order valence-corrected chi connectivity index (χ3v) is 5.97. The number of anilines is 1. The number of hydrogen-bond donors (Lipinski definition) is 1. The molecule has 3 rings (SSSR count). The summed E-state index contributed by atoms with van der Waals surface area (Å²) in [6, 6.07) is 21.0. The van der Waals surface area contributed by atoms with Crippen LogP contribution in [0.15, 0.2) is 66.7 Å². The highest BCUT2D eigenvalue weighted by atomic mass is 127. The second-order valence-corrected chi connectivity index (χ2v) is 9.36. The van der Waals surface area contributed by atoms with Crippen LogP contribution in [0.2, 0.25) is 0 Å². The quantitative estimate of drug-likeness (QED) is 0.534. The monoisotopic (exact) mass is 494 g/mol. The molecule has 7 heteroatoms. The van der Waals surface area contributed by atoms with Crippen LogP contribution in [0, 0.1) is 3.57 Å². The molecule has 3 aromatic rings. The average molecular weight is 494 g/mol. The normalized spacial score (nSPS) is 11.3. The standard InChI is InChI=1S/C20H19IN2O3S/c1-27(25,26)23(19-10-8-18(21)9-11-19)14-20(24)22-13-15-6-7-16-4-2-3-5-17(16)12-15/h2-12H,13-14H2,1H3,(H,22,24). The Labute approximate surface area is 172 Å². The molecule has 0 aliphatic rings. The summed E-state index contributed by atoms with van der Waals surface area (Å²) in [6.07, 6.45) is 1.10. The summed E-state index contributed by atoms with van der Waals surface area (Å²) in [6.45, 7) is 0.0843. The van der Waals surface area contributed by atoms with Gasteiger partial charge in [-0.2, -0.15) is 0 Å². The number of sulfonamides is 1. The first-order valence-corrected chi connectivity index (χ1v) is 11.2. The van der Waals surface area contributed by atoms with Crippen LogP contribution < -0.4 is 9.62 Å². The van der Waals surface area contributed by atoms with Crippen LogP contribution in [0.4, 0.5) is 5.69 Å². The molecule has 1 amide bonds. The lowest BCUT2D eigenvalue weighted by Gasteiger charge is -2.22. The van der Waals surface area contributed by atoms with Crippen molar-refractivity contribution in [2.45, 2.75) is 6.54 Å². The van der Waals surface area contributed by atoms with Gasteiger partial charge in [0.2, 0.25) is 15.9 Å². The highest BCUT2D eigenvalue weighted by molar-refractivity contribution is 14.1. The lowest BCUT2D eigenvalue weighted by molar-refractivity contribution is -0.119. The number of benzene rings is 3. The van der Waals surface area contributed by atoms with Crippen LogP contribution in [0.1, 0.15) is 5.56 Å². The van der Waals surface area contributed by atoms with E-state index in [0.717, 1.165) is 30.5 Å². The van der Waals surface area contributed by atoms with Crippen LogP contribution in [0.3, 0.4) is 0 Å². The first kappa shape index (κ1) is 19.6. The fourth-order valence-corrected chi connectivity index (χ4v) is 3.96. The molecule has 0 aliphatic heterocycles. The van der Waals surface area contributed by atoms with Gasteiger partial charge in [0.15, 0.2) is 0 Å². The van der Waals surface area contributed by atoms with Gasteiger partial charge in [0.1, 0.15) is 6.54 Å². The van der Waals surface area contributed by atoms with E-state index in [9.17, 15) is 13.2 Å². The number of carbonyl (C=O) groups is 1. The van der Waals surface area contributed by atoms with E-state index in [1.807, 2.05) is 42.5 Å². The van der Waals surface area contributed by atoms with E-state index in [-0.39, 0.29) is 12.5 Å². The van der Waals surface area contributed by atoms with Gasteiger partial charge in [0.05, 0.1) is 11.9 Å². The van der Waals surface area contributed by atoms with Crippen LogP contribution in [-0.4, -0.2) is 27.1 Å². The molecule has 3 aromatic carbocycles. The van der Waals surface area contributed by atoms with Gasteiger partial charge in [-0.15, -0.1) is 0 Å². The molecule has 0 radical (unpaired) electrons. The highest BCUT2D eigenvalue weighted by Gasteiger charge is 2.20. The lowest BCUT2D eigenvalue weighted by Crippen LogP contribution is -2.40. The van der Waals surface area contributed by atoms with Crippen molar-refractivity contribution in [2.24, 2.45) is 0 Å². The molecule has 0 unspecified atom stereocenters. The van der Waals surface area contributed by atoms with E-state index in [4.69, 9.17) is 0 Å². The molecule has 0 bridgehead atoms. The molecule has 27 heavy (non-hydrogen) atoms. The summed E-state index contributed by atoms with van der Waals surface area (Å²) in [4.78, 5) is 12.4. The minimum atomic E-state index is -3.57. The van der Waals surface area contributed by atoms with Crippen LogP contribution in [0.5, 0.6) is 0 Å². The third kappa shape index (κ3) is 5.20. The molecule has 0 atom stereocenters. The number of halogens is 1. The maximum Gasteiger partial charge on any atom is 0.241 e. The largest absolute Gasteiger partial charge is 0.350 e. The minimum absolute atomic E-state index is 0.257. The van der Waals surface area contributed by atoms with E-state index in [1.165, 1.54) is 0 Å². The Kier molecular flexibility index (Phi) is 6.01. The highest BCUT2D eigenvalue weighted by Crippen LogP contribution is 2.19. The number of hydrogen-bond acceptors (Lipinski definition) is 3. The van der Waals surface area contributed by atoms with Crippen molar-refractivity contribution >= 4 is 55.0 Å². The first-order valence-electron chi connectivity index (χ1n) is 8.30. The number of rotatable bonds is 6. The van der Waals surface area contributed by atoms with Crippen LogP contribution in [0.25, 0.3) is 10.8 Å². The Balaban J connectivity index is 1.69. The van der Waals surface area contributed by atoms with Gasteiger partial charge in [-0.3, -0.25) is 9.10 Å². The van der Waals surface area contributed by atoms with Crippen molar-refractivity contribution < 1.29 is 13.2 Å². The Bertz CT molecular complexity index is 1070. The zero-order valence-electron chi connectivity index (χ0n) is 14.7. The van der Waals surface area contributed by atoms with E-state index in [2.05, 4.69) is 27.9 Å². The Morgan fingerprint density at radius 1 is 1.00 bits per heavy atom. The summed E-state index contributed by atoms with van der Waals surface area (Å²) >= 11 is 2.14. The third-order valence-electron chi connectivity index (χ3n) is 4.11. The molecule has 0 fully saturated rings. The number of amides is 1. The fraction of sp³-hybridized carbons (Fsp3) is 0.150. The van der Waals surface area contributed by atoms with Crippen molar-refractivity contribution in [1.29, 1.82) is 0 Å². The molecule has 140 valence electrons. The van der Waals surface area contributed by atoms with E-state index in [0.29, 0.717) is 12.2 Å². The van der Waals surface area contributed by atoms with Crippen molar-refractivity contribution in [3.05, 3.63) is 75.9 Å². The summed E-state index contributed by atoms with van der Waals surface area (Å²) in [5.74, 6) is -0.355. The maximum absolute atomic E-state index is 12.4. The predicted octanol–water partition coefficient (Wildman–Crippen LogP) is 3.53. The van der Waals surface area contributed by atoms with Crippen LogP contribution in [-0.2, 0) is 21.4 Å². The van der Waals surface area contributed by atoms with E-state index >= 15 is 0 Å². The summed E-state index contributed by atoms with van der Waals surface area (Å²) < 4.78 is 26.3. The SMILES string of the molecule is CS(=O)(=O)N(CC(=O)NCc1ccc2ccccc2c1)c1ccc(I)cc1. The molecule has 5 nitrogen and oxygen atoms in total. The second-order valence-electron chi connectivity index (χ2n) is 6.20. The molecule has 0 heterocycles. The van der Waals surface area contributed by atoms with E-state index in [1.54, 1.807) is 24.3 Å². The van der Waals surface area contributed by atoms with Gasteiger partial charge >= 0.3 is 0 Å². The van der Waals surface area contributed by atoms with Gasteiger partial charge in [0.25, 0.3) is 0 Å². The van der Waals surface area contributed by atoms with E-state index < -0.39 is 10.0 Å². The number of carbonyl (C=O) groups excluding carboxylic acids is 1. The molecule has 0 saturated heterocycles. The summed E-state index contributed by atoms with van der Waals surface area (Å²) in [5, 5.41) is 5.03. The molecule has 0 saturated carbocycles. The average Bonchev–Trinajstić information content (AvgIpc) is 2.64. The number of nitrogens with one attached hydrogen (secondary N) is 1. The minimum Gasteiger partial charge on any atom is -0.350 e. The van der Waals surface area contributed by atoms with Crippen molar-refractivity contribution in [3.63, 3.8) is 0 Å². The molecule has 0 aromatic heterocycles. The Hall–Kier alpha value is -2.13. The van der Waals surface area contributed by atoms with Gasteiger partial charge < -0.3 is 5.32 Å². The van der Waals surface area contributed by atoms with Gasteiger partial charge in [0, 0.05) is 10.1 Å².